The maximum Gasteiger partial charge on any atom is 0.257 e. The summed E-state index contributed by atoms with van der Waals surface area (Å²) in [6, 6.07) is 21.7. The SMILES string of the molecule is COc1ccc(N2CCN(C)CC2)cc1Nc1ccc(Nc2ncc3c(n2)N(C)c2ccccc2C(=O)N3)cc1. The molecule has 0 spiro atoms. The molecular formula is C30H32N8O2. The van der Waals surface area contributed by atoms with Crippen LogP contribution in [0.5, 0.6) is 5.75 Å². The lowest BCUT2D eigenvalue weighted by Gasteiger charge is -2.34. The van der Waals surface area contributed by atoms with Crippen molar-refractivity contribution in [3.8, 4) is 5.75 Å². The summed E-state index contributed by atoms with van der Waals surface area (Å²) in [7, 11) is 5.74. The minimum absolute atomic E-state index is 0.181. The molecule has 10 nitrogen and oxygen atoms in total. The smallest absolute Gasteiger partial charge is 0.257 e. The molecule has 3 N–H and O–H groups in total. The van der Waals surface area contributed by atoms with E-state index in [1.165, 1.54) is 5.69 Å². The van der Waals surface area contributed by atoms with Gasteiger partial charge in [0.25, 0.3) is 5.91 Å². The molecule has 4 aromatic rings. The highest BCUT2D eigenvalue weighted by Crippen LogP contribution is 2.36. The molecule has 0 aliphatic carbocycles. The van der Waals surface area contributed by atoms with Crippen molar-refractivity contribution in [1.29, 1.82) is 0 Å². The van der Waals surface area contributed by atoms with Crippen LogP contribution in [0, 0.1) is 0 Å². The summed E-state index contributed by atoms with van der Waals surface area (Å²) in [6.07, 6.45) is 1.63. The number of benzene rings is 3. The zero-order valence-electron chi connectivity index (χ0n) is 22.8. The van der Waals surface area contributed by atoms with Crippen molar-refractivity contribution >= 4 is 51.8 Å². The van der Waals surface area contributed by atoms with Crippen LogP contribution in [0.4, 0.5) is 45.9 Å². The number of anilines is 8. The minimum atomic E-state index is -0.181. The molecule has 0 saturated carbocycles. The number of ether oxygens (including phenoxy) is 1. The summed E-state index contributed by atoms with van der Waals surface area (Å²) in [6.45, 7) is 4.11. The number of hydrogen-bond donors (Lipinski definition) is 3. The van der Waals surface area contributed by atoms with Gasteiger partial charge < -0.3 is 35.4 Å². The first-order chi connectivity index (χ1) is 19.5. The zero-order valence-corrected chi connectivity index (χ0v) is 22.8. The highest BCUT2D eigenvalue weighted by molar-refractivity contribution is 6.11. The lowest BCUT2D eigenvalue weighted by molar-refractivity contribution is 0.102. The van der Waals surface area contributed by atoms with Crippen LogP contribution in [0.25, 0.3) is 0 Å². The van der Waals surface area contributed by atoms with Gasteiger partial charge in [-0.3, -0.25) is 4.79 Å². The highest BCUT2D eigenvalue weighted by atomic mass is 16.5. The number of aromatic nitrogens is 2. The van der Waals surface area contributed by atoms with E-state index in [0.717, 1.165) is 54.7 Å². The summed E-state index contributed by atoms with van der Waals surface area (Å²) in [5.41, 5.74) is 5.79. The van der Waals surface area contributed by atoms with Gasteiger partial charge in [0.05, 0.1) is 30.2 Å². The molecule has 0 bridgehead atoms. The number of nitrogens with zero attached hydrogens (tertiary/aromatic N) is 5. The van der Waals surface area contributed by atoms with Crippen molar-refractivity contribution < 1.29 is 9.53 Å². The molecule has 204 valence electrons. The third-order valence-corrected chi connectivity index (χ3v) is 7.32. The molecule has 10 heteroatoms. The number of amides is 1. The van der Waals surface area contributed by atoms with Crippen molar-refractivity contribution in [2.45, 2.75) is 0 Å². The third-order valence-electron chi connectivity index (χ3n) is 7.32. The molecule has 3 aromatic carbocycles. The maximum absolute atomic E-state index is 12.7. The number of nitrogens with one attached hydrogen (secondary N) is 3. The predicted octanol–water partition coefficient (Wildman–Crippen LogP) is 5.06. The normalized spacial score (nSPS) is 15.0. The Morgan fingerprint density at radius 1 is 0.900 bits per heavy atom. The number of piperazine rings is 1. The van der Waals surface area contributed by atoms with E-state index in [4.69, 9.17) is 9.72 Å². The van der Waals surface area contributed by atoms with Crippen molar-refractivity contribution in [1.82, 2.24) is 14.9 Å². The van der Waals surface area contributed by atoms with E-state index in [9.17, 15) is 4.79 Å². The second kappa shape index (κ2) is 10.7. The number of methoxy groups -OCH3 is 1. The van der Waals surface area contributed by atoms with Gasteiger partial charge in [-0.15, -0.1) is 0 Å². The first-order valence-electron chi connectivity index (χ1n) is 13.3. The van der Waals surface area contributed by atoms with Gasteiger partial charge in [0.15, 0.2) is 5.82 Å². The zero-order chi connectivity index (χ0) is 27.6. The van der Waals surface area contributed by atoms with Crippen LogP contribution in [0.2, 0.25) is 0 Å². The third kappa shape index (κ3) is 5.08. The second-order valence-corrected chi connectivity index (χ2v) is 9.96. The van der Waals surface area contributed by atoms with E-state index in [2.05, 4.69) is 49.9 Å². The average Bonchev–Trinajstić information content (AvgIpc) is 3.08. The lowest BCUT2D eigenvalue weighted by Crippen LogP contribution is -2.44. The number of carbonyl (C=O) groups excluding carboxylic acids is 1. The summed E-state index contributed by atoms with van der Waals surface area (Å²) < 4.78 is 5.62. The number of likely N-dealkylation sites (N-methyl/N-ethyl adjacent to an activating group) is 1. The van der Waals surface area contributed by atoms with Gasteiger partial charge in [-0.2, -0.15) is 4.98 Å². The molecule has 1 fully saturated rings. The molecular weight excluding hydrogens is 504 g/mol. The molecule has 6 rings (SSSR count). The molecule has 2 aliphatic heterocycles. The van der Waals surface area contributed by atoms with Crippen LogP contribution in [0.15, 0.2) is 72.9 Å². The van der Waals surface area contributed by atoms with E-state index in [1.807, 2.05) is 60.5 Å². The standard InChI is InChI=1S/C30H32N8O2/c1-36-14-16-38(17-15-36)22-12-13-27(40-3)24(18-22)32-20-8-10-21(11-9-20)33-30-31-19-25-28(35-30)37(2)26-7-5-4-6-23(26)29(39)34-25/h4-13,18-19,32H,14-17H2,1-3H3,(H,34,39)(H,31,33,35). The highest BCUT2D eigenvalue weighted by Gasteiger charge is 2.24. The quantitative estimate of drug-likeness (QED) is 0.312. The summed E-state index contributed by atoms with van der Waals surface area (Å²) in [5.74, 6) is 1.65. The van der Waals surface area contributed by atoms with Gasteiger partial charge in [0.2, 0.25) is 5.95 Å². The Balaban J connectivity index is 1.18. The van der Waals surface area contributed by atoms with Crippen LogP contribution < -0.4 is 30.5 Å². The number of carbonyl (C=O) groups is 1. The van der Waals surface area contributed by atoms with E-state index in [1.54, 1.807) is 19.4 Å². The number of rotatable bonds is 6. The molecule has 40 heavy (non-hydrogen) atoms. The maximum atomic E-state index is 12.7. The van der Waals surface area contributed by atoms with E-state index < -0.39 is 0 Å². The second-order valence-electron chi connectivity index (χ2n) is 9.96. The van der Waals surface area contributed by atoms with Gasteiger partial charge in [-0.1, -0.05) is 12.1 Å². The van der Waals surface area contributed by atoms with Gasteiger partial charge >= 0.3 is 0 Å². The summed E-state index contributed by atoms with van der Waals surface area (Å²) >= 11 is 0. The minimum Gasteiger partial charge on any atom is -0.495 e. The fourth-order valence-corrected chi connectivity index (χ4v) is 5.02. The molecule has 1 aromatic heterocycles. The molecule has 0 atom stereocenters. The Hall–Kier alpha value is -4.83. The van der Waals surface area contributed by atoms with Crippen LogP contribution in [-0.4, -0.2) is 68.2 Å². The van der Waals surface area contributed by atoms with Gasteiger partial charge in [0.1, 0.15) is 11.4 Å². The Labute approximate surface area is 233 Å². The number of fused-ring (bicyclic) bond motifs is 2. The van der Waals surface area contributed by atoms with Gasteiger partial charge in [0, 0.05) is 50.3 Å². The first-order valence-corrected chi connectivity index (χ1v) is 13.3. The Kier molecular flexibility index (Phi) is 6.83. The van der Waals surface area contributed by atoms with Crippen molar-refractivity contribution in [2.24, 2.45) is 0 Å². The monoisotopic (exact) mass is 536 g/mol. The van der Waals surface area contributed by atoms with Gasteiger partial charge in [-0.05, 0) is 61.6 Å². The topological polar surface area (TPSA) is 97.9 Å². The fraction of sp³-hybridized carbons (Fsp3) is 0.233. The van der Waals surface area contributed by atoms with Crippen molar-refractivity contribution in [3.05, 3.63) is 78.5 Å². The molecule has 3 heterocycles. The number of hydrogen-bond acceptors (Lipinski definition) is 9. The molecule has 1 saturated heterocycles. The van der Waals surface area contributed by atoms with Crippen molar-refractivity contribution in [2.75, 3.05) is 73.1 Å². The molecule has 2 aliphatic rings. The predicted molar refractivity (Wildman–Crippen MR) is 160 cm³/mol. The largest absolute Gasteiger partial charge is 0.495 e. The summed E-state index contributed by atoms with van der Waals surface area (Å²) in [4.78, 5) is 28.5. The first kappa shape index (κ1) is 25.4. The number of para-hydroxylation sites is 1. The van der Waals surface area contributed by atoms with E-state index in [-0.39, 0.29) is 5.91 Å². The fourth-order valence-electron chi connectivity index (χ4n) is 5.02. The van der Waals surface area contributed by atoms with Crippen LogP contribution in [-0.2, 0) is 0 Å². The molecule has 1 amide bonds. The molecule has 0 unspecified atom stereocenters. The van der Waals surface area contributed by atoms with Crippen LogP contribution in [0.1, 0.15) is 10.4 Å². The Morgan fingerprint density at radius 2 is 1.62 bits per heavy atom. The van der Waals surface area contributed by atoms with E-state index in [0.29, 0.717) is 23.0 Å². The van der Waals surface area contributed by atoms with E-state index >= 15 is 0 Å². The van der Waals surface area contributed by atoms with Crippen LogP contribution in [0.3, 0.4) is 0 Å². The summed E-state index contributed by atoms with van der Waals surface area (Å²) in [5, 5.41) is 9.69. The van der Waals surface area contributed by atoms with Crippen LogP contribution >= 0.6 is 0 Å². The average molecular weight is 537 g/mol. The Morgan fingerprint density at radius 3 is 2.38 bits per heavy atom. The molecule has 0 radical (unpaired) electrons. The van der Waals surface area contributed by atoms with Gasteiger partial charge in [-0.25, -0.2) is 4.98 Å². The van der Waals surface area contributed by atoms with Crippen molar-refractivity contribution in [3.63, 3.8) is 0 Å². The lowest BCUT2D eigenvalue weighted by atomic mass is 10.1. The Bertz CT molecular complexity index is 1530.